The highest BCUT2D eigenvalue weighted by Crippen LogP contribution is 2.32. The Morgan fingerprint density at radius 2 is 1.92 bits per heavy atom. The Labute approximate surface area is 150 Å². The van der Waals surface area contributed by atoms with Crippen LogP contribution >= 0.6 is 0 Å². The fourth-order valence-corrected chi connectivity index (χ4v) is 2.50. The van der Waals surface area contributed by atoms with Crippen LogP contribution in [0.4, 0.5) is 10.1 Å². The lowest BCUT2D eigenvalue weighted by molar-refractivity contribution is 0.102. The number of carbonyl (C=O) groups excluding carboxylic acids is 1. The van der Waals surface area contributed by atoms with Gasteiger partial charge in [-0.2, -0.15) is 5.10 Å². The summed E-state index contributed by atoms with van der Waals surface area (Å²) in [4.78, 5) is 12.4. The predicted molar refractivity (Wildman–Crippen MR) is 96.2 cm³/mol. The Kier molecular flexibility index (Phi) is 4.88. The van der Waals surface area contributed by atoms with Gasteiger partial charge in [-0.25, -0.2) is 4.39 Å². The number of halogens is 1. The van der Waals surface area contributed by atoms with E-state index in [1.165, 1.54) is 12.1 Å². The van der Waals surface area contributed by atoms with Gasteiger partial charge in [-0.15, -0.1) is 0 Å². The minimum absolute atomic E-state index is 0.251. The topological polar surface area (TPSA) is 76.2 Å². The number of aromatic amines is 1. The van der Waals surface area contributed by atoms with Gasteiger partial charge in [0, 0.05) is 17.3 Å². The number of aromatic nitrogens is 2. The molecule has 0 aliphatic rings. The number of nitrogens with one attached hydrogen (secondary N) is 2. The van der Waals surface area contributed by atoms with Crippen LogP contribution in [-0.4, -0.2) is 30.3 Å². The molecule has 3 rings (SSSR count). The number of anilines is 1. The largest absolute Gasteiger partial charge is 0.497 e. The first-order chi connectivity index (χ1) is 12.5. The van der Waals surface area contributed by atoms with Crippen LogP contribution in [0.1, 0.15) is 16.1 Å². The number of carbonyl (C=O) groups is 1. The van der Waals surface area contributed by atoms with Crippen LogP contribution in [0.3, 0.4) is 0 Å². The SMILES string of the molecule is COc1ccc(-c2cc(C(=O)Nc3cc(F)ccc3C)[nH]n2)c(OC)c1. The molecule has 26 heavy (non-hydrogen) atoms. The zero-order valence-corrected chi connectivity index (χ0v) is 14.6. The number of hydrogen-bond donors (Lipinski definition) is 2. The second-order valence-corrected chi connectivity index (χ2v) is 5.65. The summed E-state index contributed by atoms with van der Waals surface area (Å²) in [5, 5.41) is 9.55. The monoisotopic (exact) mass is 355 g/mol. The first kappa shape index (κ1) is 17.5. The molecule has 7 heteroatoms. The minimum Gasteiger partial charge on any atom is -0.497 e. The molecule has 0 bridgehead atoms. The van der Waals surface area contributed by atoms with Gasteiger partial charge < -0.3 is 14.8 Å². The fourth-order valence-electron chi connectivity index (χ4n) is 2.50. The van der Waals surface area contributed by atoms with Gasteiger partial charge in [0.15, 0.2) is 0 Å². The lowest BCUT2D eigenvalue weighted by Crippen LogP contribution is -2.13. The summed E-state index contributed by atoms with van der Waals surface area (Å²) < 4.78 is 23.9. The molecule has 2 aromatic carbocycles. The fraction of sp³-hybridized carbons (Fsp3) is 0.158. The zero-order valence-electron chi connectivity index (χ0n) is 14.6. The molecule has 0 aliphatic carbocycles. The molecule has 6 nitrogen and oxygen atoms in total. The van der Waals surface area contributed by atoms with Gasteiger partial charge in [0.25, 0.3) is 5.91 Å². The molecule has 0 fully saturated rings. The van der Waals surface area contributed by atoms with Crippen LogP contribution in [0.15, 0.2) is 42.5 Å². The van der Waals surface area contributed by atoms with Gasteiger partial charge in [0.2, 0.25) is 0 Å². The minimum atomic E-state index is -0.417. The Hall–Kier alpha value is -3.35. The van der Waals surface area contributed by atoms with Gasteiger partial charge in [-0.05, 0) is 42.8 Å². The molecule has 134 valence electrons. The van der Waals surface area contributed by atoms with E-state index in [0.717, 1.165) is 5.56 Å². The van der Waals surface area contributed by atoms with Crippen LogP contribution in [-0.2, 0) is 0 Å². The number of aryl methyl sites for hydroxylation is 1. The van der Waals surface area contributed by atoms with Crippen LogP contribution in [0.25, 0.3) is 11.3 Å². The Morgan fingerprint density at radius 3 is 2.65 bits per heavy atom. The highest BCUT2D eigenvalue weighted by atomic mass is 19.1. The predicted octanol–water partition coefficient (Wildman–Crippen LogP) is 3.79. The summed E-state index contributed by atoms with van der Waals surface area (Å²) in [5.41, 5.74) is 2.68. The van der Waals surface area contributed by atoms with Crippen LogP contribution in [0.5, 0.6) is 11.5 Å². The van der Waals surface area contributed by atoms with Crippen LogP contribution < -0.4 is 14.8 Å². The van der Waals surface area contributed by atoms with Crippen LogP contribution in [0, 0.1) is 12.7 Å². The van der Waals surface area contributed by atoms with Crippen molar-refractivity contribution in [2.75, 3.05) is 19.5 Å². The number of methoxy groups -OCH3 is 2. The summed E-state index contributed by atoms with van der Waals surface area (Å²) in [6, 6.07) is 11.1. The molecule has 3 aromatic rings. The van der Waals surface area contributed by atoms with Crippen molar-refractivity contribution in [3.63, 3.8) is 0 Å². The molecule has 1 amide bonds. The molecule has 0 radical (unpaired) electrons. The van der Waals surface area contributed by atoms with E-state index < -0.39 is 11.7 Å². The maximum atomic E-state index is 13.4. The van der Waals surface area contributed by atoms with Gasteiger partial charge >= 0.3 is 0 Å². The molecule has 0 aliphatic heterocycles. The highest BCUT2D eigenvalue weighted by molar-refractivity contribution is 6.03. The molecule has 0 saturated heterocycles. The first-order valence-electron chi connectivity index (χ1n) is 7.87. The number of ether oxygens (including phenoxy) is 2. The average Bonchev–Trinajstić information content (AvgIpc) is 3.14. The van der Waals surface area contributed by atoms with E-state index in [4.69, 9.17) is 9.47 Å². The third kappa shape index (κ3) is 3.51. The molecule has 0 spiro atoms. The number of nitrogens with zero attached hydrogens (tertiary/aromatic N) is 1. The standard InChI is InChI=1S/C19H18FN3O3/c1-11-4-5-12(20)8-15(11)21-19(24)17-10-16(22-23-17)14-7-6-13(25-2)9-18(14)26-3/h4-10H,1-3H3,(H,21,24)(H,22,23). The summed E-state index contributed by atoms with van der Waals surface area (Å²) in [6.45, 7) is 1.79. The number of rotatable bonds is 5. The van der Waals surface area contributed by atoms with E-state index >= 15 is 0 Å². The second kappa shape index (κ2) is 7.26. The normalized spacial score (nSPS) is 10.5. The average molecular weight is 355 g/mol. The molecular weight excluding hydrogens is 337 g/mol. The third-order valence-corrected chi connectivity index (χ3v) is 3.95. The zero-order chi connectivity index (χ0) is 18.7. The smallest absolute Gasteiger partial charge is 0.273 e. The maximum absolute atomic E-state index is 13.4. The lowest BCUT2D eigenvalue weighted by Gasteiger charge is -2.08. The Bertz CT molecular complexity index is 953. The molecule has 0 saturated carbocycles. The highest BCUT2D eigenvalue weighted by Gasteiger charge is 2.15. The molecule has 0 unspecified atom stereocenters. The molecular formula is C19H18FN3O3. The van der Waals surface area contributed by atoms with Gasteiger partial charge in [0.1, 0.15) is 23.0 Å². The number of amides is 1. The van der Waals surface area contributed by atoms with Crippen molar-refractivity contribution in [1.29, 1.82) is 0 Å². The quantitative estimate of drug-likeness (QED) is 0.730. The van der Waals surface area contributed by atoms with Gasteiger partial charge in [0.05, 0.1) is 19.9 Å². The van der Waals surface area contributed by atoms with Crippen molar-refractivity contribution in [2.45, 2.75) is 6.92 Å². The summed E-state index contributed by atoms with van der Waals surface area (Å²) in [7, 11) is 3.12. The van der Waals surface area contributed by atoms with E-state index in [-0.39, 0.29) is 5.69 Å². The van der Waals surface area contributed by atoms with Crippen molar-refractivity contribution in [2.24, 2.45) is 0 Å². The third-order valence-electron chi connectivity index (χ3n) is 3.95. The van der Waals surface area contributed by atoms with E-state index in [1.807, 2.05) is 0 Å². The van der Waals surface area contributed by atoms with Crippen molar-refractivity contribution in [3.05, 3.63) is 59.5 Å². The Morgan fingerprint density at radius 1 is 1.12 bits per heavy atom. The first-order valence-corrected chi connectivity index (χ1v) is 7.87. The van der Waals surface area contributed by atoms with Crippen molar-refractivity contribution < 1.29 is 18.7 Å². The number of benzene rings is 2. The summed E-state index contributed by atoms with van der Waals surface area (Å²) >= 11 is 0. The maximum Gasteiger partial charge on any atom is 0.273 e. The van der Waals surface area contributed by atoms with Gasteiger partial charge in [-0.1, -0.05) is 6.07 Å². The van der Waals surface area contributed by atoms with Crippen molar-refractivity contribution in [3.8, 4) is 22.8 Å². The van der Waals surface area contributed by atoms with Crippen LogP contribution in [0.2, 0.25) is 0 Å². The molecule has 0 atom stereocenters. The van der Waals surface area contributed by atoms with E-state index in [0.29, 0.717) is 28.4 Å². The molecule has 2 N–H and O–H groups in total. The number of hydrogen-bond acceptors (Lipinski definition) is 4. The molecule has 1 heterocycles. The summed E-state index contributed by atoms with van der Waals surface area (Å²) in [5.74, 6) is 0.397. The van der Waals surface area contributed by atoms with E-state index in [1.54, 1.807) is 51.5 Å². The van der Waals surface area contributed by atoms with Gasteiger partial charge in [-0.3, -0.25) is 9.89 Å². The Balaban J connectivity index is 1.86. The summed E-state index contributed by atoms with van der Waals surface area (Å²) in [6.07, 6.45) is 0. The number of H-pyrrole nitrogens is 1. The van der Waals surface area contributed by atoms with E-state index in [9.17, 15) is 9.18 Å². The van der Waals surface area contributed by atoms with Crippen molar-refractivity contribution >= 4 is 11.6 Å². The molecule has 1 aromatic heterocycles. The lowest BCUT2D eigenvalue weighted by atomic mass is 10.1. The second-order valence-electron chi connectivity index (χ2n) is 5.65. The van der Waals surface area contributed by atoms with E-state index in [2.05, 4.69) is 15.5 Å². The van der Waals surface area contributed by atoms with Crippen molar-refractivity contribution in [1.82, 2.24) is 10.2 Å².